The van der Waals surface area contributed by atoms with Crippen LogP contribution >= 0.6 is 0 Å². The van der Waals surface area contributed by atoms with Crippen molar-refractivity contribution in [3.8, 4) is 5.75 Å². The van der Waals surface area contributed by atoms with Crippen LogP contribution in [0.25, 0.3) is 0 Å². The van der Waals surface area contributed by atoms with Crippen molar-refractivity contribution in [1.29, 1.82) is 0 Å². The van der Waals surface area contributed by atoms with Crippen LogP contribution in [0.2, 0.25) is 0 Å². The van der Waals surface area contributed by atoms with Gasteiger partial charge in [-0.1, -0.05) is 19.1 Å². The van der Waals surface area contributed by atoms with Gasteiger partial charge in [0.2, 0.25) is 0 Å². The first-order valence-electron chi connectivity index (χ1n) is 6.80. The van der Waals surface area contributed by atoms with E-state index in [9.17, 15) is 5.11 Å². The predicted octanol–water partition coefficient (Wildman–Crippen LogP) is 2.73. The molecule has 2 unspecified atom stereocenters. The summed E-state index contributed by atoms with van der Waals surface area (Å²) >= 11 is 0. The third-order valence-corrected chi connectivity index (χ3v) is 3.02. The van der Waals surface area contributed by atoms with Gasteiger partial charge in [-0.2, -0.15) is 0 Å². The van der Waals surface area contributed by atoms with Gasteiger partial charge in [-0.25, -0.2) is 0 Å². The number of hydrogen-bond acceptors (Lipinski definition) is 3. The van der Waals surface area contributed by atoms with E-state index in [2.05, 4.69) is 19.2 Å². The van der Waals surface area contributed by atoms with Crippen molar-refractivity contribution in [3.05, 3.63) is 29.8 Å². The monoisotopic (exact) mass is 251 g/mol. The third-order valence-electron chi connectivity index (χ3n) is 3.02. The lowest BCUT2D eigenvalue weighted by molar-refractivity contribution is 0.0476. The Hall–Kier alpha value is -1.06. The number of aromatic hydroxyl groups is 1. The van der Waals surface area contributed by atoms with Gasteiger partial charge in [-0.3, -0.25) is 0 Å². The highest BCUT2D eigenvalue weighted by Gasteiger charge is 2.17. The number of benzene rings is 1. The van der Waals surface area contributed by atoms with Crippen LogP contribution in [0.5, 0.6) is 5.75 Å². The molecule has 0 saturated carbocycles. The van der Waals surface area contributed by atoms with E-state index < -0.39 is 0 Å². The molecule has 3 nitrogen and oxygen atoms in total. The first-order chi connectivity index (χ1) is 8.67. The van der Waals surface area contributed by atoms with E-state index in [0.29, 0.717) is 5.75 Å². The molecule has 0 heterocycles. The molecular formula is C15H25NO2. The molecule has 1 rings (SSSR count). The number of phenolic OH excluding ortho intramolecular Hbond substituents is 1. The Labute approximate surface area is 110 Å². The Morgan fingerprint density at radius 2 is 2.11 bits per heavy atom. The van der Waals surface area contributed by atoms with Crippen LogP contribution in [-0.2, 0) is 11.2 Å². The Bertz CT molecular complexity index is 341. The molecule has 18 heavy (non-hydrogen) atoms. The maximum absolute atomic E-state index is 9.49. The average Bonchev–Trinajstić information content (AvgIpc) is 2.34. The maximum Gasteiger partial charge on any atom is 0.115 e. The van der Waals surface area contributed by atoms with E-state index in [0.717, 1.165) is 31.6 Å². The molecule has 0 radical (unpaired) electrons. The summed E-state index contributed by atoms with van der Waals surface area (Å²) in [5, 5.41) is 13.0. The molecule has 0 amide bonds. The summed E-state index contributed by atoms with van der Waals surface area (Å²) in [6.07, 6.45) is 2.15. The molecule has 1 aromatic carbocycles. The van der Waals surface area contributed by atoms with Crippen LogP contribution < -0.4 is 5.32 Å². The minimum atomic E-state index is 0.170. The van der Waals surface area contributed by atoms with Crippen molar-refractivity contribution in [2.45, 2.75) is 45.8 Å². The lowest BCUT2D eigenvalue weighted by Crippen LogP contribution is -2.41. The standard InChI is InChI=1S/C15H25NO2/c1-4-9-16-15(12(3)18-5-2)11-13-7-6-8-14(17)10-13/h6-8,10,12,15-17H,4-5,9,11H2,1-3H3. The summed E-state index contributed by atoms with van der Waals surface area (Å²) in [4.78, 5) is 0. The molecule has 0 aliphatic carbocycles. The highest BCUT2D eigenvalue weighted by molar-refractivity contribution is 5.27. The topological polar surface area (TPSA) is 41.5 Å². The highest BCUT2D eigenvalue weighted by Crippen LogP contribution is 2.14. The number of ether oxygens (including phenoxy) is 1. The fourth-order valence-electron chi connectivity index (χ4n) is 2.05. The molecule has 2 atom stereocenters. The summed E-state index contributed by atoms with van der Waals surface area (Å²) in [6.45, 7) is 7.98. The fraction of sp³-hybridized carbons (Fsp3) is 0.600. The molecule has 0 aliphatic rings. The zero-order chi connectivity index (χ0) is 13.4. The van der Waals surface area contributed by atoms with E-state index in [-0.39, 0.29) is 12.1 Å². The molecule has 2 N–H and O–H groups in total. The van der Waals surface area contributed by atoms with Crippen molar-refractivity contribution >= 4 is 0 Å². The largest absolute Gasteiger partial charge is 0.508 e. The quantitative estimate of drug-likeness (QED) is 0.746. The highest BCUT2D eigenvalue weighted by atomic mass is 16.5. The van der Waals surface area contributed by atoms with Crippen LogP contribution in [-0.4, -0.2) is 30.4 Å². The van der Waals surface area contributed by atoms with Crippen molar-refractivity contribution < 1.29 is 9.84 Å². The minimum absolute atomic E-state index is 0.170. The molecule has 0 spiro atoms. The van der Waals surface area contributed by atoms with Gasteiger partial charge >= 0.3 is 0 Å². The minimum Gasteiger partial charge on any atom is -0.508 e. The molecule has 0 aliphatic heterocycles. The lowest BCUT2D eigenvalue weighted by atomic mass is 10.0. The molecule has 1 aromatic rings. The molecule has 0 bridgehead atoms. The fourth-order valence-corrected chi connectivity index (χ4v) is 2.05. The summed E-state index contributed by atoms with van der Waals surface area (Å²) in [5.41, 5.74) is 1.13. The number of phenols is 1. The second-order valence-electron chi connectivity index (χ2n) is 4.60. The van der Waals surface area contributed by atoms with Crippen LogP contribution in [0.4, 0.5) is 0 Å². The summed E-state index contributed by atoms with van der Waals surface area (Å²) < 4.78 is 5.68. The Morgan fingerprint density at radius 3 is 2.72 bits per heavy atom. The molecule has 3 heteroatoms. The average molecular weight is 251 g/mol. The van der Waals surface area contributed by atoms with E-state index >= 15 is 0 Å². The SMILES string of the molecule is CCCNC(Cc1cccc(O)c1)C(C)OCC. The lowest BCUT2D eigenvalue weighted by Gasteiger charge is -2.25. The van der Waals surface area contributed by atoms with Crippen molar-refractivity contribution in [2.75, 3.05) is 13.2 Å². The molecular weight excluding hydrogens is 226 g/mol. The van der Waals surface area contributed by atoms with Gasteiger partial charge in [-0.15, -0.1) is 0 Å². The molecule has 0 saturated heterocycles. The van der Waals surface area contributed by atoms with E-state index in [4.69, 9.17) is 4.74 Å². The van der Waals surface area contributed by atoms with Gasteiger partial charge in [0.05, 0.1) is 6.10 Å². The Morgan fingerprint density at radius 1 is 1.33 bits per heavy atom. The van der Waals surface area contributed by atoms with Crippen LogP contribution in [0.1, 0.15) is 32.8 Å². The van der Waals surface area contributed by atoms with Gasteiger partial charge in [0.15, 0.2) is 0 Å². The van der Waals surface area contributed by atoms with E-state index in [1.54, 1.807) is 6.07 Å². The zero-order valence-corrected chi connectivity index (χ0v) is 11.6. The smallest absolute Gasteiger partial charge is 0.115 e. The third kappa shape index (κ3) is 5.07. The van der Waals surface area contributed by atoms with Gasteiger partial charge in [0.1, 0.15) is 5.75 Å². The predicted molar refractivity (Wildman–Crippen MR) is 75.0 cm³/mol. The van der Waals surface area contributed by atoms with Crippen LogP contribution in [0, 0.1) is 0 Å². The number of nitrogens with one attached hydrogen (secondary N) is 1. The number of hydrogen-bond donors (Lipinski definition) is 2. The van der Waals surface area contributed by atoms with Gasteiger partial charge < -0.3 is 15.2 Å². The molecule has 102 valence electrons. The van der Waals surface area contributed by atoms with Crippen molar-refractivity contribution in [1.82, 2.24) is 5.32 Å². The Balaban J connectivity index is 2.64. The maximum atomic E-state index is 9.49. The van der Waals surface area contributed by atoms with Gasteiger partial charge in [0, 0.05) is 12.6 Å². The second-order valence-corrected chi connectivity index (χ2v) is 4.60. The summed E-state index contributed by atoms with van der Waals surface area (Å²) in [7, 11) is 0. The van der Waals surface area contributed by atoms with Crippen molar-refractivity contribution in [3.63, 3.8) is 0 Å². The van der Waals surface area contributed by atoms with Crippen LogP contribution in [0.15, 0.2) is 24.3 Å². The zero-order valence-electron chi connectivity index (χ0n) is 11.6. The second kappa shape index (κ2) is 8.11. The van der Waals surface area contributed by atoms with Crippen molar-refractivity contribution in [2.24, 2.45) is 0 Å². The van der Waals surface area contributed by atoms with Gasteiger partial charge in [-0.05, 0) is 50.9 Å². The number of rotatable bonds is 8. The first kappa shape index (κ1) is 15.0. The Kier molecular flexibility index (Phi) is 6.76. The van der Waals surface area contributed by atoms with Crippen LogP contribution in [0.3, 0.4) is 0 Å². The first-order valence-corrected chi connectivity index (χ1v) is 6.80. The molecule has 0 aromatic heterocycles. The normalized spacial score (nSPS) is 14.4. The summed E-state index contributed by atoms with van der Waals surface area (Å²) in [6, 6.07) is 7.72. The van der Waals surface area contributed by atoms with E-state index in [1.165, 1.54) is 0 Å². The van der Waals surface area contributed by atoms with Gasteiger partial charge in [0.25, 0.3) is 0 Å². The summed E-state index contributed by atoms with van der Waals surface area (Å²) in [5.74, 6) is 0.325. The molecule has 0 fully saturated rings. The van der Waals surface area contributed by atoms with E-state index in [1.807, 2.05) is 25.1 Å².